The second-order valence-corrected chi connectivity index (χ2v) is 8.81. The minimum atomic E-state index is -0.415. The van der Waals surface area contributed by atoms with E-state index in [1.807, 2.05) is 66.4 Å². The molecule has 158 valence electrons. The van der Waals surface area contributed by atoms with Gasteiger partial charge >= 0.3 is 0 Å². The Hall–Kier alpha value is -3.08. The second kappa shape index (κ2) is 6.98. The molecule has 0 amide bonds. The van der Waals surface area contributed by atoms with Crippen molar-refractivity contribution in [3.8, 4) is 0 Å². The third-order valence-electron chi connectivity index (χ3n) is 7.16. The zero-order chi connectivity index (χ0) is 21.8. The summed E-state index contributed by atoms with van der Waals surface area (Å²) in [6.07, 6.45) is 10.5. The van der Waals surface area contributed by atoms with Crippen LogP contribution < -0.4 is 9.13 Å². The highest BCUT2D eigenvalue weighted by Gasteiger charge is 2.77. The molecule has 4 heterocycles. The Balaban J connectivity index is 0.000000171. The van der Waals surface area contributed by atoms with Gasteiger partial charge in [0.1, 0.15) is 11.7 Å². The van der Waals surface area contributed by atoms with Crippen molar-refractivity contribution in [3.05, 3.63) is 96.6 Å². The quantitative estimate of drug-likeness (QED) is 0.460. The molecule has 2 aromatic heterocycles. The van der Waals surface area contributed by atoms with Gasteiger partial charge in [-0.2, -0.15) is 9.13 Å². The Labute approximate surface area is 181 Å². The lowest BCUT2D eigenvalue weighted by Crippen LogP contribution is -2.55. The molecule has 0 N–H and O–H groups in total. The summed E-state index contributed by atoms with van der Waals surface area (Å²) in [5.41, 5.74) is 2.39. The summed E-state index contributed by atoms with van der Waals surface area (Å²) < 4.78 is 37.7. The van der Waals surface area contributed by atoms with E-state index in [1.54, 1.807) is 0 Å². The molecule has 1 fully saturated rings. The molecule has 3 unspecified atom stereocenters. The number of nitrogens with zero attached hydrogens (tertiary/aromatic N) is 2. The van der Waals surface area contributed by atoms with Crippen LogP contribution in [0.25, 0.3) is 11.3 Å². The predicted octanol–water partition coefficient (Wildman–Crippen LogP) is 5.16. The zero-order valence-corrected chi connectivity index (χ0v) is 17.8. The van der Waals surface area contributed by atoms with Gasteiger partial charge in [-0.05, 0) is 25.6 Å². The highest BCUT2D eigenvalue weighted by molar-refractivity contribution is 5.72. The first-order valence-electron chi connectivity index (χ1n) is 10.6. The van der Waals surface area contributed by atoms with E-state index < -0.39 is 5.83 Å². The Morgan fingerprint density at radius 2 is 1.87 bits per heavy atom. The minimum Gasteiger partial charge on any atom is -0.429 e. The zero-order valence-electron chi connectivity index (χ0n) is 17.8. The number of hydrogen-bond acceptors (Lipinski definition) is 1. The van der Waals surface area contributed by atoms with Crippen LogP contribution in [-0.2, 0) is 17.0 Å². The summed E-state index contributed by atoms with van der Waals surface area (Å²) in [6, 6.07) is 11.8. The van der Waals surface area contributed by atoms with Gasteiger partial charge in [-0.15, -0.1) is 0 Å². The van der Waals surface area contributed by atoms with Crippen molar-refractivity contribution in [2.24, 2.45) is 11.3 Å². The molecule has 6 rings (SSSR count). The Kier molecular flexibility index (Phi) is 4.47. The average molecular weight is 421 g/mol. The number of aromatic nitrogens is 2. The summed E-state index contributed by atoms with van der Waals surface area (Å²) >= 11 is 0. The molecular weight excluding hydrogens is 394 g/mol. The van der Waals surface area contributed by atoms with Crippen LogP contribution in [0.5, 0.6) is 0 Å². The molecule has 1 saturated carbocycles. The van der Waals surface area contributed by atoms with E-state index in [9.17, 15) is 8.78 Å². The van der Waals surface area contributed by atoms with E-state index in [4.69, 9.17) is 4.74 Å². The number of halogens is 2. The van der Waals surface area contributed by atoms with Crippen molar-refractivity contribution in [1.82, 2.24) is 0 Å². The van der Waals surface area contributed by atoms with Gasteiger partial charge in [-0.3, -0.25) is 0 Å². The standard InChI is InChI=1S/C18H18F2N.C8H8NO/c1-3-7-18-11-17(18,2)21-8-5-4-6-15(21)16-13(18)9-12(19)10-14(16)20;1-7-8-4-2-3-5-9(8)6-10-7/h3-8,10,13H,9,11H2,1-2H3;2-5H,1,6H2/q2*+1. The van der Waals surface area contributed by atoms with Crippen molar-refractivity contribution >= 4 is 11.3 Å². The van der Waals surface area contributed by atoms with Crippen molar-refractivity contribution in [1.29, 1.82) is 0 Å². The number of hydrogen-bond donors (Lipinski definition) is 0. The van der Waals surface area contributed by atoms with Gasteiger partial charge in [0.05, 0.1) is 11.0 Å². The van der Waals surface area contributed by atoms with Crippen LogP contribution in [0.4, 0.5) is 8.78 Å². The molecule has 0 saturated heterocycles. The first-order chi connectivity index (χ1) is 14.9. The molecule has 2 aliphatic carbocycles. The monoisotopic (exact) mass is 420 g/mol. The molecular formula is C26H26F2N2O+2. The molecule has 0 aromatic carbocycles. The fourth-order valence-corrected chi connectivity index (χ4v) is 5.62. The summed E-state index contributed by atoms with van der Waals surface area (Å²) in [5, 5.41) is 0. The van der Waals surface area contributed by atoms with E-state index in [1.165, 1.54) is 0 Å². The van der Waals surface area contributed by atoms with E-state index in [0.29, 0.717) is 18.7 Å². The molecule has 31 heavy (non-hydrogen) atoms. The number of ether oxygens (including phenoxy) is 1. The van der Waals surface area contributed by atoms with Crippen molar-refractivity contribution in [2.45, 2.75) is 39.0 Å². The van der Waals surface area contributed by atoms with Gasteiger partial charge in [0.25, 0.3) is 6.73 Å². The van der Waals surface area contributed by atoms with E-state index in [2.05, 4.69) is 24.1 Å². The molecule has 5 heteroatoms. The molecule has 4 aliphatic rings. The van der Waals surface area contributed by atoms with E-state index >= 15 is 0 Å². The fraction of sp³-hybridized carbons (Fsp3) is 0.308. The summed E-state index contributed by atoms with van der Waals surface area (Å²) in [5.74, 6) is -0.100. The van der Waals surface area contributed by atoms with Gasteiger partial charge in [0, 0.05) is 56.0 Å². The first-order valence-corrected chi connectivity index (χ1v) is 10.6. The largest absolute Gasteiger partial charge is 0.429 e. The summed E-state index contributed by atoms with van der Waals surface area (Å²) in [7, 11) is 0. The van der Waals surface area contributed by atoms with Crippen LogP contribution in [0.2, 0.25) is 0 Å². The second-order valence-electron chi connectivity index (χ2n) is 8.81. The number of pyridine rings is 2. The van der Waals surface area contributed by atoms with Gasteiger partial charge < -0.3 is 4.74 Å². The maximum absolute atomic E-state index is 14.5. The Morgan fingerprint density at radius 3 is 2.61 bits per heavy atom. The van der Waals surface area contributed by atoms with Crippen LogP contribution in [0, 0.1) is 11.3 Å². The fourth-order valence-electron chi connectivity index (χ4n) is 5.62. The van der Waals surface area contributed by atoms with Crippen molar-refractivity contribution < 1.29 is 22.7 Å². The summed E-state index contributed by atoms with van der Waals surface area (Å²) in [6.45, 7) is 8.53. The molecule has 0 bridgehead atoms. The average Bonchev–Trinajstić information content (AvgIpc) is 3.22. The van der Waals surface area contributed by atoms with Gasteiger partial charge in [-0.25, -0.2) is 8.78 Å². The lowest BCUT2D eigenvalue weighted by molar-refractivity contribution is -0.747. The lowest BCUT2D eigenvalue weighted by atomic mass is 9.71. The molecule has 3 atom stereocenters. The molecule has 2 aliphatic heterocycles. The van der Waals surface area contributed by atoms with Crippen LogP contribution in [0.3, 0.4) is 0 Å². The molecule has 3 nitrogen and oxygen atoms in total. The smallest absolute Gasteiger partial charge is 0.293 e. The highest BCUT2D eigenvalue weighted by Crippen LogP contribution is 2.70. The highest BCUT2D eigenvalue weighted by atomic mass is 19.1. The number of allylic oxidation sites excluding steroid dienone is 6. The molecule has 2 aromatic rings. The maximum Gasteiger partial charge on any atom is 0.293 e. The van der Waals surface area contributed by atoms with Crippen LogP contribution in [-0.4, -0.2) is 0 Å². The van der Waals surface area contributed by atoms with Crippen LogP contribution >= 0.6 is 0 Å². The maximum atomic E-state index is 14.5. The number of rotatable bonds is 1. The third-order valence-corrected chi connectivity index (χ3v) is 7.16. The lowest BCUT2D eigenvalue weighted by Gasteiger charge is -2.34. The third kappa shape index (κ3) is 2.83. The Morgan fingerprint density at radius 1 is 1.13 bits per heavy atom. The predicted molar refractivity (Wildman–Crippen MR) is 114 cm³/mol. The normalized spacial score (nSPS) is 29.7. The first kappa shape index (κ1) is 19.9. The minimum absolute atomic E-state index is 0.0812. The molecule has 0 spiro atoms. The van der Waals surface area contributed by atoms with Crippen molar-refractivity contribution in [3.63, 3.8) is 0 Å². The SMILES string of the molecule is C=C1OC[n+]2ccccc21.CC=CC12CC1(C)[n+]1ccccc1C1=C(F)C=C(F)CC12. The van der Waals surface area contributed by atoms with Crippen LogP contribution in [0.15, 0.2) is 85.3 Å². The van der Waals surface area contributed by atoms with Gasteiger partial charge in [-0.1, -0.05) is 12.2 Å². The van der Waals surface area contributed by atoms with Gasteiger partial charge in [0.15, 0.2) is 23.7 Å². The number of fused-ring (bicyclic) bond motifs is 7. The Bertz CT molecular complexity index is 1180. The topological polar surface area (TPSA) is 17.0 Å². The van der Waals surface area contributed by atoms with E-state index in [-0.39, 0.29) is 22.7 Å². The van der Waals surface area contributed by atoms with Crippen molar-refractivity contribution in [2.75, 3.05) is 0 Å². The molecule has 0 radical (unpaired) electrons. The summed E-state index contributed by atoms with van der Waals surface area (Å²) in [4.78, 5) is 0. The van der Waals surface area contributed by atoms with Gasteiger partial charge in [0.2, 0.25) is 11.4 Å². The van der Waals surface area contributed by atoms with Crippen LogP contribution in [0.1, 0.15) is 38.1 Å². The van der Waals surface area contributed by atoms with E-state index in [0.717, 1.165) is 29.6 Å².